The van der Waals surface area contributed by atoms with Gasteiger partial charge in [0.05, 0.1) is 0 Å². The van der Waals surface area contributed by atoms with Crippen molar-refractivity contribution in [1.82, 2.24) is 16.0 Å². The smallest absolute Gasteiger partial charge is 0.242 e. The fourth-order valence-corrected chi connectivity index (χ4v) is 6.40. The molecule has 1 amide bonds. The molecule has 3 aliphatic rings. The standard InChI is InChI=1S/C28H47N3O2/c1-3-23(22(2)32)24-16-11-12-17-25(24)31-27(33)28-19-15-18-26(28)29-20-13-9-7-5-4-6-8-10-14-21-30-28/h4,6-7,9,23-26,29-30H,3,5,8,10-21H2,1-2H3,(H,31,33)/b6-4-,9-7-/t23-,24+,25+,26+,28-/m0/s1. The van der Waals surface area contributed by atoms with E-state index in [-0.39, 0.29) is 35.6 Å². The second-order valence-corrected chi connectivity index (χ2v) is 10.4. The number of fused-ring (bicyclic) bond motifs is 1. The molecule has 2 fully saturated rings. The van der Waals surface area contributed by atoms with E-state index in [1.807, 2.05) is 0 Å². The van der Waals surface area contributed by atoms with Crippen molar-refractivity contribution in [2.75, 3.05) is 13.1 Å². The number of amides is 1. The van der Waals surface area contributed by atoms with Gasteiger partial charge in [0, 0.05) is 18.0 Å². The first-order chi connectivity index (χ1) is 16.1. The van der Waals surface area contributed by atoms with Gasteiger partial charge in [-0.2, -0.15) is 0 Å². The summed E-state index contributed by atoms with van der Waals surface area (Å²) in [7, 11) is 0. The maximum absolute atomic E-state index is 14.0. The van der Waals surface area contributed by atoms with Crippen LogP contribution in [0.2, 0.25) is 0 Å². The van der Waals surface area contributed by atoms with E-state index in [0.717, 1.165) is 96.6 Å². The maximum atomic E-state index is 14.0. The third-order valence-corrected chi connectivity index (χ3v) is 8.22. The predicted molar refractivity (Wildman–Crippen MR) is 136 cm³/mol. The molecule has 33 heavy (non-hydrogen) atoms. The Morgan fingerprint density at radius 3 is 2.55 bits per heavy atom. The fraction of sp³-hybridized carbons (Fsp3) is 0.786. The average Bonchev–Trinajstić information content (AvgIpc) is 3.21. The van der Waals surface area contributed by atoms with Crippen molar-refractivity contribution in [3.05, 3.63) is 24.3 Å². The second kappa shape index (κ2) is 13.4. The highest BCUT2D eigenvalue weighted by Crippen LogP contribution is 2.35. The Morgan fingerprint density at radius 1 is 0.970 bits per heavy atom. The maximum Gasteiger partial charge on any atom is 0.242 e. The van der Waals surface area contributed by atoms with Gasteiger partial charge in [0.1, 0.15) is 11.3 Å². The Bertz CT molecular complexity index is 689. The highest BCUT2D eigenvalue weighted by molar-refractivity contribution is 5.88. The van der Waals surface area contributed by atoms with Crippen LogP contribution < -0.4 is 16.0 Å². The lowest BCUT2D eigenvalue weighted by molar-refractivity contribution is -0.131. The zero-order valence-corrected chi connectivity index (χ0v) is 21.0. The summed E-state index contributed by atoms with van der Waals surface area (Å²) >= 11 is 0. The largest absolute Gasteiger partial charge is 0.351 e. The first-order valence-corrected chi connectivity index (χ1v) is 13.7. The molecule has 3 N–H and O–H groups in total. The molecule has 0 spiro atoms. The Labute approximate surface area is 201 Å². The van der Waals surface area contributed by atoms with Gasteiger partial charge < -0.3 is 16.0 Å². The number of nitrogens with one attached hydrogen (secondary N) is 3. The van der Waals surface area contributed by atoms with Gasteiger partial charge in [-0.25, -0.2) is 0 Å². The summed E-state index contributed by atoms with van der Waals surface area (Å²) in [6.45, 7) is 5.61. The highest BCUT2D eigenvalue weighted by atomic mass is 16.2. The van der Waals surface area contributed by atoms with Crippen LogP contribution in [0.5, 0.6) is 0 Å². The van der Waals surface area contributed by atoms with Crippen molar-refractivity contribution in [3.8, 4) is 0 Å². The summed E-state index contributed by atoms with van der Waals surface area (Å²) in [6.07, 6.45) is 22.5. The zero-order chi connectivity index (χ0) is 23.5. The lowest BCUT2D eigenvalue weighted by Gasteiger charge is -2.41. The molecule has 0 radical (unpaired) electrons. The molecule has 0 bridgehead atoms. The number of carbonyl (C=O) groups excluding carboxylic acids is 2. The third kappa shape index (κ3) is 7.02. The number of hydrogen-bond acceptors (Lipinski definition) is 4. The Morgan fingerprint density at radius 2 is 1.76 bits per heavy atom. The van der Waals surface area contributed by atoms with Crippen LogP contribution in [-0.4, -0.2) is 42.4 Å². The first-order valence-electron chi connectivity index (χ1n) is 13.7. The van der Waals surface area contributed by atoms with E-state index in [9.17, 15) is 9.59 Å². The fourth-order valence-electron chi connectivity index (χ4n) is 6.40. The normalized spacial score (nSPS) is 34.8. The monoisotopic (exact) mass is 457 g/mol. The van der Waals surface area contributed by atoms with Crippen molar-refractivity contribution in [3.63, 3.8) is 0 Å². The number of carbonyl (C=O) groups is 2. The molecule has 0 aromatic heterocycles. The van der Waals surface area contributed by atoms with E-state index in [0.29, 0.717) is 0 Å². The summed E-state index contributed by atoms with van der Waals surface area (Å²) in [5, 5.41) is 11.0. The molecule has 186 valence electrons. The number of allylic oxidation sites excluding steroid dienone is 3. The van der Waals surface area contributed by atoms with E-state index in [1.165, 1.54) is 0 Å². The number of ketones is 1. The van der Waals surface area contributed by atoms with Gasteiger partial charge in [-0.05, 0) is 96.6 Å². The van der Waals surface area contributed by atoms with Crippen molar-refractivity contribution in [1.29, 1.82) is 0 Å². The van der Waals surface area contributed by atoms with Crippen molar-refractivity contribution in [2.24, 2.45) is 11.8 Å². The number of hydrogen-bond donors (Lipinski definition) is 3. The molecule has 2 aliphatic carbocycles. The molecular weight excluding hydrogens is 410 g/mol. The summed E-state index contributed by atoms with van der Waals surface area (Å²) in [5.41, 5.74) is -0.542. The zero-order valence-electron chi connectivity index (χ0n) is 21.0. The minimum atomic E-state index is -0.542. The van der Waals surface area contributed by atoms with E-state index in [4.69, 9.17) is 0 Å². The minimum absolute atomic E-state index is 0.0614. The molecule has 3 rings (SSSR count). The lowest BCUT2D eigenvalue weighted by atomic mass is 9.73. The van der Waals surface area contributed by atoms with Crippen molar-refractivity contribution < 1.29 is 9.59 Å². The Hall–Kier alpha value is -1.46. The molecule has 1 aliphatic heterocycles. The van der Waals surface area contributed by atoms with Crippen LogP contribution in [0.3, 0.4) is 0 Å². The average molecular weight is 458 g/mol. The molecule has 0 saturated heterocycles. The molecule has 5 heteroatoms. The van der Waals surface area contributed by atoms with E-state index in [2.05, 4.69) is 47.2 Å². The van der Waals surface area contributed by atoms with Crippen LogP contribution in [0.15, 0.2) is 24.3 Å². The lowest BCUT2D eigenvalue weighted by Crippen LogP contribution is -2.67. The predicted octanol–water partition coefficient (Wildman–Crippen LogP) is 4.82. The molecular formula is C28H47N3O2. The van der Waals surface area contributed by atoms with E-state index < -0.39 is 5.54 Å². The van der Waals surface area contributed by atoms with Gasteiger partial charge in [0.25, 0.3) is 0 Å². The van der Waals surface area contributed by atoms with Crippen LogP contribution in [0.4, 0.5) is 0 Å². The van der Waals surface area contributed by atoms with Gasteiger partial charge >= 0.3 is 0 Å². The molecule has 5 atom stereocenters. The van der Waals surface area contributed by atoms with Crippen LogP contribution in [-0.2, 0) is 9.59 Å². The van der Waals surface area contributed by atoms with Gasteiger partial charge in [0.2, 0.25) is 5.91 Å². The van der Waals surface area contributed by atoms with Crippen LogP contribution >= 0.6 is 0 Å². The van der Waals surface area contributed by atoms with Crippen LogP contribution in [0, 0.1) is 11.8 Å². The van der Waals surface area contributed by atoms with Gasteiger partial charge in [-0.3, -0.25) is 9.59 Å². The van der Waals surface area contributed by atoms with Crippen LogP contribution in [0.1, 0.15) is 97.3 Å². The summed E-state index contributed by atoms with van der Waals surface area (Å²) < 4.78 is 0. The molecule has 2 saturated carbocycles. The quantitative estimate of drug-likeness (QED) is 0.518. The summed E-state index contributed by atoms with van der Waals surface area (Å²) in [4.78, 5) is 26.3. The van der Waals surface area contributed by atoms with E-state index >= 15 is 0 Å². The van der Waals surface area contributed by atoms with Crippen molar-refractivity contribution in [2.45, 2.75) is 115 Å². The number of Topliss-reactive ketones (excluding diaryl/α,β-unsaturated/α-hetero) is 1. The number of rotatable bonds is 5. The van der Waals surface area contributed by atoms with E-state index in [1.54, 1.807) is 6.92 Å². The second-order valence-electron chi connectivity index (χ2n) is 10.4. The summed E-state index contributed by atoms with van der Waals surface area (Å²) in [5.74, 6) is 0.767. The van der Waals surface area contributed by atoms with Gasteiger partial charge in [0.15, 0.2) is 0 Å². The SMILES string of the molecule is CC[C@@H](C(C)=O)[C@H]1CCCC[C@H]1NC(=O)[C@]12CCC[C@H]1NCC/C=C\C/C=C\CCCCN2. The molecule has 0 unspecified atom stereocenters. The van der Waals surface area contributed by atoms with Gasteiger partial charge in [-0.1, -0.05) is 44.1 Å². The van der Waals surface area contributed by atoms with Gasteiger partial charge in [-0.15, -0.1) is 0 Å². The Kier molecular flexibility index (Phi) is 10.6. The molecule has 0 aromatic carbocycles. The van der Waals surface area contributed by atoms with Crippen molar-refractivity contribution >= 4 is 11.7 Å². The first kappa shape index (κ1) is 26.2. The van der Waals surface area contributed by atoms with Crippen LogP contribution in [0.25, 0.3) is 0 Å². The molecule has 0 aromatic rings. The third-order valence-electron chi connectivity index (χ3n) is 8.22. The Balaban J connectivity index is 1.74. The molecule has 1 heterocycles. The summed E-state index contributed by atoms with van der Waals surface area (Å²) in [6, 6.07) is 0.271. The topological polar surface area (TPSA) is 70.2 Å². The molecule has 5 nitrogen and oxygen atoms in total. The minimum Gasteiger partial charge on any atom is -0.351 e. The highest BCUT2D eigenvalue weighted by Gasteiger charge is 2.49.